The highest BCUT2D eigenvalue weighted by molar-refractivity contribution is 14.0. The fourth-order valence-corrected chi connectivity index (χ4v) is 3.16. The minimum absolute atomic E-state index is 0. The van der Waals surface area contributed by atoms with E-state index in [1.165, 1.54) is 5.56 Å². The molecule has 25 heavy (non-hydrogen) atoms. The van der Waals surface area contributed by atoms with Gasteiger partial charge in [-0.05, 0) is 37.0 Å². The molecule has 1 aromatic carbocycles. The molecular weight excluding hydrogens is 495 g/mol. The Bertz CT molecular complexity index is 504. The number of halogens is 2. The molecule has 142 valence electrons. The van der Waals surface area contributed by atoms with E-state index in [9.17, 15) is 0 Å². The van der Waals surface area contributed by atoms with Gasteiger partial charge in [-0.3, -0.25) is 9.89 Å². The van der Waals surface area contributed by atoms with Crippen molar-refractivity contribution < 1.29 is 4.74 Å². The van der Waals surface area contributed by atoms with Crippen LogP contribution in [0.3, 0.4) is 0 Å². The van der Waals surface area contributed by atoms with Crippen LogP contribution in [-0.2, 0) is 11.3 Å². The second-order valence-corrected chi connectivity index (χ2v) is 7.08. The molecule has 0 unspecified atom stereocenters. The Morgan fingerprint density at radius 1 is 1.28 bits per heavy atom. The highest BCUT2D eigenvalue weighted by Crippen LogP contribution is 2.16. The Kier molecular flexibility index (Phi) is 11.7. The summed E-state index contributed by atoms with van der Waals surface area (Å²) in [6.07, 6.45) is 3.29. The van der Waals surface area contributed by atoms with E-state index >= 15 is 0 Å². The first-order valence-corrected chi connectivity index (χ1v) is 9.43. The fourth-order valence-electron chi connectivity index (χ4n) is 2.89. The van der Waals surface area contributed by atoms with Gasteiger partial charge in [-0.2, -0.15) is 0 Å². The summed E-state index contributed by atoms with van der Waals surface area (Å²) in [7, 11) is 3.56. The Morgan fingerprint density at radius 2 is 1.96 bits per heavy atom. The van der Waals surface area contributed by atoms with Crippen LogP contribution in [0.4, 0.5) is 0 Å². The number of ether oxygens (including phenoxy) is 1. The van der Waals surface area contributed by atoms with Gasteiger partial charge in [0.15, 0.2) is 5.96 Å². The van der Waals surface area contributed by atoms with Crippen molar-refractivity contribution in [3.05, 3.63) is 34.3 Å². The maximum Gasteiger partial charge on any atom is 0.191 e. The summed E-state index contributed by atoms with van der Waals surface area (Å²) < 4.78 is 6.20. The van der Waals surface area contributed by atoms with Crippen LogP contribution in [0, 0.1) is 0 Å². The predicted molar refractivity (Wildman–Crippen MR) is 119 cm³/mol. The molecule has 0 aliphatic carbocycles. The summed E-state index contributed by atoms with van der Waals surface area (Å²) in [5, 5.41) is 6.89. The van der Waals surface area contributed by atoms with Crippen molar-refractivity contribution in [3.63, 3.8) is 0 Å². The van der Waals surface area contributed by atoms with Gasteiger partial charge >= 0.3 is 0 Å². The molecule has 0 amide bonds. The third kappa shape index (κ3) is 8.70. The van der Waals surface area contributed by atoms with E-state index in [-0.39, 0.29) is 24.0 Å². The zero-order valence-corrected chi connectivity index (χ0v) is 19.0. The molecule has 1 aliphatic rings. The number of methoxy groups -OCH3 is 1. The van der Waals surface area contributed by atoms with Crippen molar-refractivity contribution in [2.45, 2.75) is 31.8 Å². The maximum absolute atomic E-state index is 5.07. The van der Waals surface area contributed by atoms with E-state index in [1.807, 2.05) is 7.05 Å². The summed E-state index contributed by atoms with van der Waals surface area (Å²) in [5.74, 6) is 0.900. The van der Waals surface area contributed by atoms with E-state index < -0.39 is 0 Å². The molecule has 2 N–H and O–H groups in total. The Hall–Kier alpha value is -0.380. The smallest absolute Gasteiger partial charge is 0.191 e. The fraction of sp³-hybridized carbons (Fsp3) is 0.611. The molecule has 5 nitrogen and oxygen atoms in total. The van der Waals surface area contributed by atoms with Gasteiger partial charge in [0.2, 0.25) is 0 Å². The lowest BCUT2D eigenvalue weighted by Crippen LogP contribution is -2.48. The molecule has 2 rings (SSSR count). The maximum atomic E-state index is 5.07. The SMILES string of the molecule is CN=C(NCCCOC)NC1CCN(Cc2ccc(Br)cc2)CC1.I. The number of hydrogen-bond acceptors (Lipinski definition) is 3. The molecule has 0 radical (unpaired) electrons. The summed E-state index contributed by atoms with van der Waals surface area (Å²) >= 11 is 3.49. The zero-order valence-electron chi connectivity index (χ0n) is 15.1. The quantitative estimate of drug-likeness (QED) is 0.249. The van der Waals surface area contributed by atoms with Gasteiger partial charge in [-0.1, -0.05) is 28.1 Å². The highest BCUT2D eigenvalue weighted by Gasteiger charge is 2.19. The molecule has 0 bridgehead atoms. The predicted octanol–water partition coefficient (Wildman–Crippen LogP) is 3.23. The number of rotatable bonds is 7. The second kappa shape index (κ2) is 12.9. The highest BCUT2D eigenvalue weighted by atomic mass is 127. The zero-order chi connectivity index (χ0) is 17.2. The van der Waals surface area contributed by atoms with Gasteiger partial charge < -0.3 is 15.4 Å². The summed E-state index contributed by atoms with van der Waals surface area (Å²) in [6, 6.07) is 9.12. The van der Waals surface area contributed by atoms with Crippen molar-refractivity contribution >= 4 is 45.9 Å². The molecular formula is C18H30BrIN4O. The van der Waals surface area contributed by atoms with Crippen molar-refractivity contribution in [2.24, 2.45) is 4.99 Å². The lowest BCUT2D eigenvalue weighted by molar-refractivity contribution is 0.194. The van der Waals surface area contributed by atoms with Crippen LogP contribution in [0.5, 0.6) is 0 Å². The lowest BCUT2D eigenvalue weighted by Gasteiger charge is -2.33. The Balaban J connectivity index is 0.00000312. The number of nitrogens with zero attached hydrogens (tertiary/aromatic N) is 2. The third-order valence-electron chi connectivity index (χ3n) is 4.29. The van der Waals surface area contributed by atoms with Gasteiger partial charge in [-0.15, -0.1) is 24.0 Å². The summed E-state index contributed by atoms with van der Waals surface area (Å²) in [5.41, 5.74) is 1.38. The van der Waals surface area contributed by atoms with Gasteiger partial charge in [0.05, 0.1) is 0 Å². The first-order valence-electron chi connectivity index (χ1n) is 8.64. The van der Waals surface area contributed by atoms with Crippen molar-refractivity contribution in [1.29, 1.82) is 0 Å². The molecule has 1 aromatic rings. The molecule has 0 atom stereocenters. The number of aliphatic imine (C=N–C) groups is 1. The summed E-state index contributed by atoms with van der Waals surface area (Å²) in [4.78, 5) is 6.83. The standard InChI is InChI=1S/C18H29BrN4O.HI/c1-20-18(21-10-3-13-24-2)22-17-8-11-23(12-9-17)14-15-4-6-16(19)7-5-15;/h4-7,17H,3,8-14H2,1-2H3,(H2,20,21,22);1H. The van der Waals surface area contributed by atoms with Crippen LogP contribution in [-0.4, -0.2) is 57.3 Å². The molecule has 1 saturated heterocycles. The molecule has 1 aliphatic heterocycles. The molecule has 0 spiro atoms. The number of hydrogen-bond donors (Lipinski definition) is 2. The van der Waals surface area contributed by atoms with Crippen molar-refractivity contribution in [3.8, 4) is 0 Å². The molecule has 1 fully saturated rings. The Labute approximate surface area is 177 Å². The van der Waals surface area contributed by atoms with Gasteiger partial charge in [0, 0.05) is 57.5 Å². The van der Waals surface area contributed by atoms with E-state index in [2.05, 4.69) is 60.7 Å². The number of benzene rings is 1. The molecule has 1 heterocycles. The molecule has 0 aromatic heterocycles. The van der Waals surface area contributed by atoms with E-state index in [1.54, 1.807) is 7.11 Å². The molecule has 7 heteroatoms. The van der Waals surface area contributed by atoms with Crippen LogP contribution in [0.15, 0.2) is 33.7 Å². The van der Waals surface area contributed by atoms with Gasteiger partial charge in [0.25, 0.3) is 0 Å². The average molecular weight is 525 g/mol. The average Bonchev–Trinajstić information content (AvgIpc) is 2.61. The Morgan fingerprint density at radius 3 is 2.56 bits per heavy atom. The van der Waals surface area contributed by atoms with Gasteiger partial charge in [-0.25, -0.2) is 0 Å². The van der Waals surface area contributed by atoms with Crippen LogP contribution in [0.1, 0.15) is 24.8 Å². The van der Waals surface area contributed by atoms with E-state index in [0.717, 1.165) is 62.5 Å². The van der Waals surface area contributed by atoms with Crippen LogP contribution in [0.2, 0.25) is 0 Å². The van der Waals surface area contributed by atoms with Crippen LogP contribution < -0.4 is 10.6 Å². The van der Waals surface area contributed by atoms with Gasteiger partial charge in [0.1, 0.15) is 0 Å². The van der Waals surface area contributed by atoms with Crippen molar-refractivity contribution in [1.82, 2.24) is 15.5 Å². The topological polar surface area (TPSA) is 48.9 Å². The normalized spacial score (nSPS) is 16.4. The first kappa shape index (κ1) is 22.7. The van der Waals surface area contributed by atoms with E-state index in [0.29, 0.717) is 6.04 Å². The first-order chi connectivity index (χ1) is 11.7. The minimum atomic E-state index is 0. The number of piperidine rings is 1. The van der Waals surface area contributed by atoms with Crippen LogP contribution in [0.25, 0.3) is 0 Å². The monoisotopic (exact) mass is 524 g/mol. The number of nitrogens with one attached hydrogen (secondary N) is 2. The lowest BCUT2D eigenvalue weighted by atomic mass is 10.0. The van der Waals surface area contributed by atoms with Crippen LogP contribution >= 0.6 is 39.9 Å². The summed E-state index contributed by atoms with van der Waals surface area (Å²) in [6.45, 7) is 4.93. The number of likely N-dealkylation sites (tertiary alicyclic amines) is 1. The second-order valence-electron chi connectivity index (χ2n) is 6.17. The minimum Gasteiger partial charge on any atom is -0.385 e. The van der Waals surface area contributed by atoms with E-state index in [4.69, 9.17) is 4.74 Å². The number of guanidine groups is 1. The van der Waals surface area contributed by atoms with Crippen molar-refractivity contribution in [2.75, 3.05) is 40.4 Å². The molecule has 0 saturated carbocycles. The third-order valence-corrected chi connectivity index (χ3v) is 4.82. The largest absolute Gasteiger partial charge is 0.385 e.